The van der Waals surface area contributed by atoms with Crippen LogP contribution in [0.2, 0.25) is 0 Å². The molecule has 0 aliphatic heterocycles. The van der Waals surface area contributed by atoms with E-state index in [0.29, 0.717) is 6.42 Å². The van der Waals surface area contributed by atoms with Gasteiger partial charge in [0.1, 0.15) is 0 Å². The molecule has 0 saturated carbocycles. The predicted octanol–water partition coefficient (Wildman–Crippen LogP) is 0.00260. The normalized spacial score (nSPS) is 11.4. The first-order chi connectivity index (χ1) is 4.31. The van der Waals surface area contributed by atoms with Crippen LogP contribution in [0.5, 0.6) is 0 Å². The van der Waals surface area contributed by atoms with Gasteiger partial charge in [0.25, 0.3) is 0 Å². The Bertz CT molecular complexity index is 110. The zero-order valence-electron chi connectivity index (χ0n) is 5.39. The number of nitrogens with zero attached hydrogens (tertiary/aromatic N) is 1. The minimum atomic E-state index is -0.369. The fourth-order valence-corrected chi connectivity index (χ4v) is 0.435. The summed E-state index contributed by atoms with van der Waals surface area (Å²) in [6.07, 6.45) is 3.31. The quantitative estimate of drug-likeness (QED) is 0.303. The van der Waals surface area contributed by atoms with E-state index in [4.69, 9.17) is 0 Å². The number of aliphatic imine (C=N–C) groups is 1. The summed E-state index contributed by atoms with van der Waals surface area (Å²) in [5.74, 6) is -0.369. The topological polar surface area (TPSA) is 52.5 Å². The van der Waals surface area contributed by atoms with Crippen LogP contribution in [-0.4, -0.2) is 12.3 Å². The van der Waals surface area contributed by atoms with Gasteiger partial charge in [-0.15, -0.1) is 0 Å². The van der Waals surface area contributed by atoms with Crippen molar-refractivity contribution in [1.29, 1.82) is 0 Å². The van der Waals surface area contributed by atoms with E-state index in [2.05, 4.69) is 4.99 Å². The van der Waals surface area contributed by atoms with Gasteiger partial charge in [-0.2, -0.15) is 0 Å². The van der Waals surface area contributed by atoms with Gasteiger partial charge in [-0.25, -0.2) is 5.90 Å². The second-order valence-electron chi connectivity index (χ2n) is 1.70. The van der Waals surface area contributed by atoms with Crippen molar-refractivity contribution in [2.24, 2.45) is 4.99 Å². The smallest absolute Gasteiger partial charge is 0.0880 e. The fourth-order valence-electron chi connectivity index (χ4n) is 0.435. The molecule has 0 aromatic carbocycles. The summed E-state index contributed by atoms with van der Waals surface area (Å²) in [6, 6.07) is 0. The molecular formula is C6H9NO2-2. The average molecular weight is 127 g/mol. The van der Waals surface area contributed by atoms with Crippen LogP contribution in [-0.2, 0) is 4.79 Å². The molecular weight excluding hydrogens is 118 g/mol. The Kier molecular flexibility index (Phi) is 4.78. The molecule has 9 heavy (non-hydrogen) atoms. The van der Waals surface area contributed by atoms with Crippen LogP contribution in [0.25, 0.3) is 0 Å². The van der Waals surface area contributed by atoms with Crippen LogP contribution in [0.4, 0.5) is 0 Å². The molecule has 0 radical (unpaired) electrons. The molecule has 0 N–H and O–H groups in total. The van der Waals surface area contributed by atoms with E-state index in [1.54, 1.807) is 0 Å². The number of carbonyl (C=O) groups excluding carboxylic acids is 1. The first kappa shape index (κ1) is 8.14. The second-order valence-corrected chi connectivity index (χ2v) is 1.70. The van der Waals surface area contributed by atoms with Crippen molar-refractivity contribution in [2.75, 3.05) is 0 Å². The standard InChI is InChI=1S/C6H10NO2/c1-2-3-4-6(9)7-5-8/h2-4H2,1H3,(H,7,8,9)/q-1/p-1. The van der Waals surface area contributed by atoms with Gasteiger partial charge in [0.2, 0.25) is 0 Å². The molecule has 0 heterocycles. The first-order valence-corrected chi connectivity index (χ1v) is 2.92. The first-order valence-electron chi connectivity index (χ1n) is 2.92. The van der Waals surface area contributed by atoms with E-state index in [-0.39, 0.29) is 5.90 Å². The van der Waals surface area contributed by atoms with Gasteiger partial charge in [0, 0.05) is 0 Å². The summed E-state index contributed by atoms with van der Waals surface area (Å²) in [5.41, 5.74) is 0. The number of rotatable bonds is 4. The maximum absolute atomic E-state index is 10.4. The van der Waals surface area contributed by atoms with E-state index in [1.165, 1.54) is 6.41 Å². The SMILES string of the molecule is CCCCC([O-])=N[C-]=O. The minimum absolute atomic E-state index is 0.367. The predicted molar refractivity (Wildman–Crippen MR) is 32.7 cm³/mol. The fraction of sp³-hybridized carbons (Fsp3) is 0.667. The van der Waals surface area contributed by atoms with Crippen LogP contribution in [0.15, 0.2) is 4.99 Å². The van der Waals surface area contributed by atoms with E-state index in [0.717, 1.165) is 12.8 Å². The summed E-state index contributed by atoms with van der Waals surface area (Å²) < 4.78 is 0. The third-order valence-corrected chi connectivity index (χ3v) is 0.915. The molecule has 0 aromatic rings. The highest BCUT2D eigenvalue weighted by Crippen LogP contribution is 1.91. The summed E-state index contributed by atoms with van der Waals surface area (Å²) >= 11 is 0. The number of amides is 1. The summed E-state index contributed by atoms with van der Waals surface area (Å²) in [6.45, 7) is 1.97. The summed E-state index contributed by atoms with van der Waals surface area (Å²) in [4.78, 5) is 12.4. The number of hydrogen-bond donors (Lipinski definition) is 0. The zero-order chi connectivity index (χ0) is 7.11. The van der Waals surface area contributed by atoms with Crippen molar-refractivity contribution in [1.82, 2.24) is 0 Å². The number of unbranched alkanes of at least 4 members (excludes halogenated alkanes) is 1. The van der Waals surface area contributed by atoms with Gasteiger partial charge in [0.05, 0.1) is 6.41 Å². The van der Waals surface area contributed by atoms with E-state index in [1.807, 2.05) is 6.92 Å². The van der Waals surface area contributed by atoms with Crippen LogP contribution in [0, 0.1) is 0 Å². The highest BCUT2D eigenvalue weighted by Gasteiger charge is 1.73. The van der Waals surface area contributed by atoms with Crippen molar-refractivity contribution in [3.05, 3.63) is 0 Å². The largest absolute Gasteiger partial charge is 0.944 e. The molecule has 0 rings (SSSR count). The Labute approximate surface area is 54.4 Å². The Morgan fingerprint density at radius 3 is 2.89 bits per heavy atom. The van der Waals surface area contributed by atoms with E-state index in [9.17, 15) is 9.90 Å². The molecule has 52 valence electrons. The summed E-state index contributed by atoms with van der Waals surface area (Å²) in [7, 11) is 0. The van der Waals surface area contributed by atoms with Crippen molar-refractivity contribution >= 4 is 12.3 Å². The second kappa shape index (κ2) is 5.28. The third kappa shape index (κ3) is 5.00. The highest BCUT2D eigenvalue weighted by atomic mass is 16.3. The van der Waals surface area contributed by atoms with Crippen molar-refractivity contribution in [3.8, 4) is 0 Å². The van der Waals surface area contributed by atoms with Crippen LogP contribution in [0.3, 0.4) is 0 Å². The minimum Gasteiger partial charge on any atom is -0.944 e. The maximum Gasteiger partial charge on any atom is 0.0880 e. The van der Waals surface area contributed by atoms with Crippen molar-refractivity contribution in [2.45, 2.75) is 26.2 Å². The van der Waals surface area contributed by atoms with Crippen LogP contribution < -0.4 is 5.11 Å². The molecule has 0 aliphatic carbocycles. The molecule has 0 saturated heterocycles. The maximum atomic E-state index is 10.4. The Morgan fingerprint density at radius 2 is 2.44 bits per heavy atom. The highest BCUT2D eigenvalue weighted by molar-refractivity contribution is 5.79. The monoisotopic (exact) mass is 127 g/mol. The van der Waals surface area contributed by atoms with Gasteiger partial charge in [0.15, 0.2) is 0 Å². The lowest BCUT2D eigenvalue weighted by atomic mass is 10.2. The zero-order valence-corrected chi connectivity index (χ0v) is 5.39. The Balaban J connectivity index is 3.36. The van der Waals surface area contributed by atoms with Gasteiger partial charge < -0.3 is 14.9 Å². The molecule has 0 aromatic heterocycles. The molecule has 0 aliphatic rings. The van der Waals surface area contributed by atoms with Crippen molar-refractivity contribution < 1.29 is 9.90 Å². The van der Waals surface area contributed by atoms with Gasteiger partial charge >= 0.3 is 0 Å². The van der Waals surface area contributed by atoms with E-state index < -0.39 is 0 Å². The van der Waals surface area contributed by atoms with Crippen LogP contribution >= 0.6 is 0 Å². The third-order valence-electron chi connectivity index (χ3n) is 0.915. The molecule has 0 fully saturated rings. The van der Waals surface area contributed by atoms with Crippen LogP contribution in [0.1, 0.15) is 26.2 Å². The van der Waals surface area contributed by atoms with Gasteiger partial charge in [-0.05, 0) is 0 Å². The molecule has 3 heteroatoms. The lowest BCUT2D eigenvalue weighted by molar-refractivity contribution is -0.218. The average Bonchev–Trinajstić information content (AvgIpc) is 1.85. The molecule has 0 unspecified atom stereocenters. The number of hydrogen-bond acceptors (Lipinski definition) is 2. The molecule has 3 nitrogen and oxygen atoms in total. The molecule has 1 amide bonds. The molecule has 0 atom stereocenters. The lowest BCUT2D eigenvalue weighted by Crippen LogP contribution is -2.16. The van der Waals surface area contributed by atoms with Crippen molar-refractivity contribution in [3.63, 3.8) is 0 Å². The van der Waals surface area contributed by atoms with E-state index >= 15 is 0 Å². The van der Waals surface area contributed by atoms with Gasteiger partial charge in [-0.1, -0.05) is 26.2 Å². The Morgan fingerprint density at radius 1 is 1.78 bits per heavy atom. The Hall–Kier alpha value is -0.860. The van der Waals surface area contributed by atoms with Gasteiger partial charge in [-0.3, -0.25) is 0 Å². The lowest BCUT2D eigenvalue weighted by Gasteiger charge is -2.16. The molecule has 0 bridgehead atoms. The summed E-state index contributed by atoms with van der Waals surface area (Å²) in [5, 5.41) is 10.4. The molecule has 0 spiro atoms.